The van der Waals surface area contributed by atoms with E-state index in [-0.39, 0.29) is 11.3 Å². The van der Waals surface area contributed by atoms with Gasteiger partial charge in [0, 0.05) is 0 Å². The van der Waals surface area contributed by atoms with Crippen LogP contribution in [-0.4, -0.2) is 22.8 Å². The molecule has 0 bridgehead atoms. The molecule has 5 heteroatoms. The van der Waals surface area contributed by atoms with Crippen molar-refractivity contribution in [1.82, 2.24) is 0 Å². The van der Waals surface area contributed by atoms with Gasteiger partial charge in [0.05, 0.1) is 0 Å². The van der Waals surface area contributed by atoms with Crippen LogP contribution in [-0.2, 0) is 4.74 Å². The molecule has 0 aliphatic carbocycles. The first-order chi connectivity index (χ1) is 8.79. The van der Waals surface area contributed by atoms with Crippen LogP contribution in [0.2, 0.25) is 0 Å². The monoisotopic (exact) mass is 268 g/mol. The lowest BCUT2D eigenvalue weighted by Crippen LogP contribution is -2.24. The topological polar surface area (TPSA) is 72.8 Å². The largest absolute Gasteiger partial charge is 0.511 e. The van der Waals surface area contributed by atoms with E-state index in [9.17, 15) is 9.59 Å². The van der Waals surface area contributed by atoms with E-state index in [1.54, 1.807) is 32.9 Å². The predicted octanol–water partition coefficient (Wildman–Crippen LogP) is 3.72. The summed E-state index contributed by atoms with van der Waals surface area (Å²) in [4.78, 5) is 22.2. The van der Waals surface area contributed by atoms with Crippen LogP contribution in [0.1, 0.15) is 45.0 Å². The Hall–Kier alpha value is -2.04. The zero-order valence-electron chi connectivity index (χ0n) is 11.9. The third-order valence-corrected chi connectivity index (χ3v) is 1.70. The van der Waals surface area contributed by atoms with Crippen LogP contribution < -0.4 is 4.74 Å². The minimum atomic E-state index is -1.47. The maximum atomic E-state index is 11.8. The van der Waals surface area contributed by atoms with Crippen LogP contribution in [0, 0.1) is 0 Å². The van der Waals surface area contributed by atoms with Crippen molar-refractivity contribution < 1.29 is 24.2 Å². The fourth-order valence-electron chi connectivity index (χ4n) is 1.15. The van der Waals surface area contributed by atoms with E-state index >= 15 is 0 Å². The van der Waals surface area contributed by atoms with E-state index in [2.05, 4.69) is 4.74 Å². The SMILES string of the molecule is CC.CC(C)(C)OC(=O)c1ccccc1OC(=O)O. The van der Waals surface area contributed by atoms with Gasteiger partial charge in [-0.15, -0.1) is 0 Å². The molecule has 19 heavy (non-hydrogen) atoms. The average molecular weight is 268 g/mol. The third-order valence-electron chi connectivity index (χ3n) is 1.70. The summed E-state index contributed by atoms with van der Waals surface area (Å²) < 4.78 is 9.63. The number of carbonyl (C=O) groups is 2. The highest BCUT2D eigenvalue weighted by atomic mass is 16.7. The highest BCUT2D eigenvalue weighted by Crippen LogP contribution is 2.21. The summed E-state index contributed by atoms with van der Waals surface area (Å²) in [5.41, 5.74) is -0.558. The van der Waals surface area contributed by atoms with Gasteiger partial charge in [0.25, 0.3) is 0 Å². The fourth-order valence-corrected chi connectivity index (χ4v) is 1.15. The van der Waals surface area contributed by atoms with E-state index in [1.165, 1.54) is 12.1 Å². The molecule has 1 aromatic rings. The number of ether oxygens (including phenoxy) is 2. The molecule has 0 aliphatic heterocycles. The molecule has 0 spiro atoms. The summed E-state index contributed by atoms with van der Waals surface area (Å²) in [6, 6.07) is 6.03. The average Bonchev–Trinajstić information content (AvgIpc) is 2.29. The molecule has 0 saturated heterocycles. The van der Waals surface area contributed by atoms with Crippen molar-refractivity contribution in [2.24, 2.45) is 0 Å². The maximum Gasteiger partial charge on any atom is 0.511 e. The number of hydrogen-bond acceptors (Lipinski definition) is 4. The molecule has 5 nitrogen and oxygen atoms in total. The second-order valence-electron chi connectivity index (χ2n) is 4.37. The first-order valence-electron chi connectivity index (χ1n) is 6.03. The van der Waals surface area contributed by atoms with Crippen molar-refractivity contribution in [2.45, 2.75) is 40.2 Å². The third kappa shape index (κ3) is 6.45. The van der Waals surface area contributed by atoms with E-state index < -0.39 is 17.7 Å². The summed E-state index contributed by atoms with van der Waals surface area (Å²) in [5.74, 6) is -0.649. The van der Waals surface area contributed by atoms with Gasteiger partial charge in [-0.3, -0.25) is 0 Å². The minimum Gasteiger partial charge on any atom is -0.456 e. The van der Waals surface area contributed by atoms with Crippen molar-refractivity contribution in [3.8, 4) is 5.75 Å². The van der Waals surface area contributed by atoms with E-state index in [0.717, 1.165) is 0 Å². The Morgan fingerprint density at radius 2 is 1.63 bits per heavy atom. The van der Waals surface area contributed by atoms with Crippen molar-refractivity contribution >= 4 is 12.1 Å². The Morgan fingerprint density at radius 3 is 2.11 bits per heavy atom. The van der Waals surface area contributed by atoms with Gasteiger partial charge in [0.1, 0.15) is 16.9 Å². The number of carboxylic acid groups (broad SMARTS) is 1. The molecule has 0 amide bonds. The van der Waals surface area contributed by atoms with Crippen LogP contribution >= 0.6 is 0 Å². The number of hydrogen-bond donors (Lipinski definition) is 1. The number of carbonyl (C=O) groups excluding carboxylic acids is 1. The molecule has 0 aliphatic rings. The maximum absolute atomic E-state index is 11.8. The molecule has 1 aromatic carbocycles. The first kappa shape index (κ1) is 17.0. The second-order valence-corrected chi connectivity index (χ2v) is 4.37. The normalized spacial score (nSPS) is 9.95. The molecule has 106 valence electrons. The van der Waals surface area contributed by atoms with Crippen LogP contribution in [0.3, 0.4) is 0 Å². The Bertz CT molecular complexity index is 432. The highest BCUT2D eigenvalue weighted by molar-refractivity contribution is 5.93. The van der Waals surface area contributed by atoms with Gasteiger partial charge in [-0.25, -0.2) is 9.59 Å². The lowest BCUT2D eigenvalue weighted by molar-refractivity contribution is 0.00669. The van der Waals surface area contributed by atoms with E-state index in [0.29, 0.717) is 0 Å². The lowest BCUT2D eigenvalue weighted by Gasteiger charge is -2.20. The van der Waals surface area contributed by atoms with Crippen molar-refractivity contribution in [1.29, 1.82) is 0 Å². The van der Waals surface area contributed by atoms with Crippen molar-refractivity contribution in [2.75, 3.05) is 0 Å². The zero-order valence-corrected chi connectivity index (χ0v) is 11.9. The van der Waals surface area contributed by atoms with Gasteiger partial charge in [0.2, 0.25) is 0 Å². The summed E-state index contributed by atoms with van der Waals surface area (Å²) in [6.45, 7) is 9.18. The summed E-state index contributed by atoms with van der Waals surface area (Å²) in [6.07, 6.45) is -1.47. The van der Waals surface area contributed by atoms with E-state index in [4.69, 9.17) is 9.84 Å². The molecule has 0 unspecified atom stereocenters. The molecule has 0 saturated carbocycles. The number of para-hydroxylation sites is 1. The molecule has 0 aromatic heterocycles. The van der Waals surface area contributed by atoms with Gasteiger partial charge in [-0.05, 0) is 32.9 Å². The van der Waals surface area contributed by atoms with Crippen LogP contribution in [0.4, 0.5) is 4.79 Å². The van der Waals surface area contributed by atoms with Crippen molar-refractivity contribution in [3.63, 3.8) is 0 Å². The van der Waals surface area contributed by atoms with Gasteiger partial charge < -0.3 is 14.6 Å². The smallest absolute Gasteiger partial charge is 0.456 e. The predicted molar refractivity (Wildman–Crippen MR) is 71.6 cm³/mol. The van der Waals surface area contributed by atoms with Gasteiger partial charge in [-0.1, -0.05) is 26.0 Å². The zero-order chi connectivity index (χ0) is 15.1. The minimum absolute atomic E-state index is 0.0331. The number of rotatable bonds is 2. The Labute approximate surface area is 113 Å². The van der Waals surface area contributed by atoms with Crippen LogP contribution in [0.5, 0.6) is 5.75 Å². The van der Waals surface area contributed by atoms with Crippen LogP contribution in [0.25, 0.3) is 0 Å². The molecule has 0 radical (unpaired) electrons. The Balaban J connectivity index is 0.00000154. The standard InChI is InChI=1S/C12H14O5.C2H6/c1-12(2,3)17-10(13)8-6-4-5-7-9(8)16-11(14)15;1-2/h4-7H,1-3H3,(H,14,15);1-2H3. The molecular formula is C14H20O5. The molecule has 0 fully saturated rings. The summed E-state index contributed by atoms with van der Waals surface area (Å²) in [7, 11) is 0. The first-order valence-corrected chi connectivity index (χ1v) is 6.03. The fraction of sp³-hybridized carbons (Fsp3) is 0.429. The van der Waals surface area contributed by atoms with Gasteiger partial charge in [0.15, 0.2) is 0 Å². The molecule has 0 heterocycles. The van der Waals surface area contributed by atoms with Crippen LogP contribution in [0.15, 0.2) is 24.3 Å². The summed E-state index contributed by atoms with van der Waals surface area (Å²) in [5, 5.41) is 8.53. The lowest BCUT2D eigenvalue weighted by atomic mass is 10.1. The Kier molecular flexibility index (Phi) is 6.61. The molecule has 1 N–H and O–H groups in total. The van der Waals surface area contributed by atoms with E-state index in [1.807, 2.05) is 13.8 Å². The summed E-state index contributed by atoms with van der Waals surface area (Å²) >= 11 is 0. The Morgan fingerprint density at radius 1 is 1.11 bits per heavy atom. The highest BCUT2D eigenvalue weighted by Gasteiger charge is 2.21. The molecular weight excluding hydrogens is 248 g/mol. The van der Waals surface area contributed by atoms with Crippen molar-refractivity contribution in [3.05, 3.63) is 29.8 Å². The molecule has 0 atom stereocenters. The number of esters is 1. The number of benzene rings is 1. The second kappa shape index (κ2) is 7.41. The van der Waals surface area contributed by atoms with Gasteiger partial charge in [-0.2, -0.15) is 0 Å². The molecule has 1 rings (SSSR count). The quantitative estimate of drug-likeness (QED) is 0.653. The van der Waals surface area contributed by atoms with Gasteiger partial charge >= 0.3 is 12.1 Å².